The standard InChI is InChI=1S/C16H18ClNO2S/c1-12(16(18)13-7-3-2-4-8-13)21(19,20)11-14-9-5-6-10-15(14)17/h2-10,12,16H,11,18H2,1H3. The van der Waals surface area contributed by atoms with Crippen molar-refractivity contribution in [2.24, 2.45) is 5.73 Å². The zero-order valence-corrected chi connectivity index (χ0v) is 13.3. The van der Waals surface area contributed by atoms with E-state index < -0.39 is 21.1 Å². The van der Waals surface area contributed by atoms with Crippen molar-refractivity contribution < 1.29 is 8.42 Å². The molecule has 2 rings (SSSR count). The van der Waals surface area contributed by atoms with Gasteiger partial charge in [-0.25, -0.2) is 8.42 Å². The maximum Gasteiger partial charge on any atom is 0.158 e. The molecule has 0 amide bonds. The Bertz CT molecular complexity index is 701. The molecule has 2 aromatic rings. The molecule has 0 aliphatic rings. The largest absolute Gasteiger partial charge is 0.323 e. The molecule has 3 nitrogen and oxygen atoms in total. The van der Waals surface area contributed by atoms with E-state index in [1.54, 1.807) is 31.2 Å². The first-order chi connectivity index (χ1) is 9.92. The van der Waals surface area contributed by atoms with Crippen molar-refractivity contribution in [1.29, 1.82) is 0 Å². The van der Waals surface area contributed by atoms with Gasteiger partial charge >= 0.3 is 0 Å². The summed E-state index contributed by atoms with van der Waals surface area (Å²) >= 11 is 6.04. The summed E-state index contributed by atoms with van der Waals surface area (Å²) in [7, 11) is -3.39. The van der Waals surface area contributed by atoms with Crippen molar-refractivity contribution in [3.63, 3.8) is 0 Å². The average molecular weight is 324 g/mol. The van der Waals surface area contributed by atoms with Gasteiger partial charge in [0, 0.05) is 11.1 Å². The molecule has 0 bridgehead atoms. The number of hydrogen-bond acceptors (Lipinski definition) is 3. The van der Waals surface area contributed by atoms with Crippen molar-refractivity contribution in [3.05, 3.63) is 70.7 Å². The molecule has 0 heterocycles. The third-order valence-corrected chi connectivity index (χ3v) is 6.08. The Hall–Kier alpha value is -1.36. The first-order valence-electron chi connectivity index (χ1n) is 6.67. The van der Waals surface area contributed by atoms with E-state index in [0.717, 1.165) is 5.56 Å². The zero-order valence-electron chi connectivity index (χ0n) is 11.7. The lowest BCUT2D eigenvalue weighted by Crippen LogP contribution is -2.32. The van der Waals surface area contributed by atoms with Crippen LogP contribution in [0.25, 0.3) is 0 Å². The van der Waals surface area contributed by atoms with Gasteiger partial charge in [0.2, 0.25) is 0 Å². The van der Waals surface area contributed by atoms with Gasteiger partial charge in [-0.1, -0.05) is 60.1 Å². The summed E-state index contributed by atoms with van der Waals surface area (Å²) in [4.78, 5) is 0. The van der Waals surface area contributed by atoms with Gasteiger partial charge in [-0.05, 0) is 24.1 Å². The molecule has 0 fully saturated rings. The Morgan fingerprint density at radius 3 is 2.24 bits per heavy atom. The van der Waals surface area contributed by atoms with Gasteiger partial charge in [0.25, 0.3) is 0 Å². The van der Waals surface area contributed by atoms with E-state index in [1.807, 2.05) is 30.3 Å². The zero-order chi connectivity index (χ0) is 15.5. The molecular formula is C16H18ClNO2S. The summed E-state index contributed by atoms with van der Waals surface area (Å²) in [5, 5.41) is -0.224. The number of benzene rings is 2. The van der Waals surface area contributed by atoms with Crippen LogP contribution in [-0.2, 0) is 15.6 Å². The fourth-order valence-corrected chi connectivity index (χ4v) is 3.97. The van der Waals surface area contributed by atoms with Crippen LogP contribution in [-0.4, -0.2) is 13.7 Å². The van der Waals surface area contributed by atoms with Gasteiger partial charge < -0.3 is 5.73 Å². The third kappa shape index (κ3) is 3.84. The number of sulfone groups is 1. The SMILES string of the molecule is CC(C(N)c1ccccc1)S(=O)(=O)Cc1ccccc1Cl. The molecule has 0 radical (unpaired) electrons. The van der Waals surface area contributed by atoms with Crippen LogP contribution in [0.4, 0.5) is 0 Å². The lowest BCUT2D eigenvalue weighted by atomic mass is 10.1. The summed E-state index contributed by atoms with van der Waals surface area (Å²) < 4.78 is 25.1. The van der Waals surface area contributed by atoms with E-state index in [0.29, 0.717) is 10.6 Å². The van der Waals surface area contributed by atoms with Crippen LogP contribution in [0, 0.1) is 0 Å². The van der Waals surface area contributed by atoms with Gasteiger partial charge in [-0.3, -0.25) is 0 Å². The van der Waals surface area contributed by atoms with E-state index in [4.69, 9.17) is 17.3 Å². The quantitative estimate of drug-likeness (QED) is 0.918. The van der Waals surface area contributed by atoms with Crippen LogP contribution in [0.3, 0.4) is 0 Å². The fraction of sp³-hybridized carbons (Fsp3) is 0.250. The maximum absolute atomic E-state index is 12.5. The maximum atomic E-state index is 12.5. The summed E-state index contributed by atoms with van der Waals surface area (Å²) in [5.41, 5.74) is 7.52. The van der Waals surface area contributed by atoms with Crippen LogP contribution < -0.4 is 5.73 Å². The van der Waals surface area contributed by atoms with Gasteiger partial charge in [0.1, 0.15) is 0 Å². The second-order valence-electron chi connectivity index (χ2n) is 5.04. The highest BCUT2D eigenvalue weighted by molar-refractivity contribution is 7.91. The highest BCUT2D eigenvalue weighted by Gasteiger charge is 2.28. The Morgan fingerprint density at radius 1 is 1.05 bits per heavy atom. The molecular weight excluding hydrogens is 306 g/mol. The third-order valence-electron chi connectivity index (χ3n) is 3.57. The van der Waals surface area contributed by atoms with Gasteiger partial charge in [-0.2, -0.15) is 0 Å². The van der Waals surface area contributed by atoms with Gasteiger partial charge in [0.05, 0.1) is 11.0 Å². The second kappa shape index (κ2) is 6.60. The summed E-state index contributed by atoms with van der Waals surface area (Å²) in [6.07, 6.45) is 0. The molecule has 2 unspecified atom stereocenters. The van der Waals surface area contributed by atoms with E-state index >= 15 is 0 Å². The monoisotopic (exact) mass is 323 g/mol. The van der Waals surface area contributed by atoms with Crippen LogP contribution in [0.5, 0.6) is 0 Å². The van der Waals surface area contributed by atoms with Crippen LogP contribution in [0.1, 0.15) is 24.1 Å². The van der Waals surface area contributed by atoms with Crippen LogP contribution >= 0.6 is 11.6 Å². The minimum atomic E-state index is -3.39. The van der Waals surface area contributed by atoms with E-state index in [-0.39, 0.29) is 5.75 Å². The Balaban J connectivity index is 2.21. The number of nitrogens with two attached hydrogens (primary N) is 1. The molecule has 0 aliphatic carbocycles. The first-order valence-corrected chi connectivity index (χ1v) is 8.76. The first kappa shape index (κ1) is 16.0. The number of halogens is 1. The average Bonchev–Trinajstić information content (AvgIpc) is 2.49. The predicted octanol–water partition coefficient (Wildman–Crippen LogP) is 3.34. The predicted molar refractivity (Wildman–Crippen MR) is 86.9 cm³/mol. The normalized spacial score (nSPS) is 14.6. The summed E-state index contributed by atoms with van der Waals surface area (Å²) in [6, 6.07) is 15.7. The van der Waals surface area contributed by atoms with Crippen LogP contribution in [0.15, 0.2) is 54.6 Å². The topological polar surface area (TPSA) is 60.2 Å². The molecule has 0 saturated heterocycles. The molecule has 0 spiro atoms. The Labute approximate surface area is 130 Å². The van der Waals surface area contributed by atoms with Crippen molar-refractivity contribution in [2.45, 2.75) is 24.0 Å². The minimum absolute atomic E-state index is 0.103. The Kier molecular flexibility index (Phi) is 5.04. The van der Waals surface area contributed by atoms with Crippen molar-refractivity contribution in [1.82, 2.24) is 0 Å². The van der Waals surface area contributed by atoms with Gasteiger partial charge in [0.15, 0.2) is 9.84 Å². The number of hydrogen-bond donors (Lipinski definition) is 1. The molecule has 0 aliphatic heterocycles. The van der Waals surface area contributed by atoms with Gasteiger partial charge in [-0.15, -0.1) is 0 Å². The molecule has 2 atom stereocenters. The van der Waals surface area contributed by atoms with E-state index in [1.165, 1.54) is 0 Å². The molecule has 21 heavy (non-hydrogen) atoms. The van der Waals surface area contributed by atoms with E-state index in [2.05, 4.69) is 0 Å². The lowest BCUT2D eigenvalue weighted by Gasteiger charge is -2.21. The Morgan fingerprint density at radius 2 is 1.62 bits per heavy atom. The number of rotatable bonds is 5. The highest BCUT2D eigenvalue weighted by Crippen LogP contribution is 2.25. The van der Waals surface area contributed by atoms with Crippen molar-refractivity contribution in [2.75, 3.05) is 0 Å². The van der Waals surface area contributed by atoms with Crippen molar-refractivity contribution in [3.8, 4) is 0 Å². The lowest BCUT2D eigenvalue weighted by molar-refractivity contribution is 0.564. The summed E-state index contributed by atoms with van der Waals surface area (Å²) in [6.45, 7) is 1.64. The van der Waals surface area contributed by atoms with Crippen LogP contribution in [0.2, 0.25) is 5.02 Å². The molecule has 2 aromatic carbocycles. The molecule has 0 saturated carbocycles. The smallest absolute Gasteiger partial charge is 0.158 e. The molecule has 5 heteroatoms. The summed E-state index contributed by atoms with van der Waals surface area (Å²) in [5.74, 6) is -0.103. The second-order valence-corrected chi connectivity index (χ2v) is 7.81. The molecule has 2 N–H and O–H groups in total. The highest BCUT2D eigenvalue weighted by atomic mass is 35.5. The van der Waals surface area contributed by atoms with Crippen molar-refractivity contribution >= 4 is 21.4 Å². The van der Waals surface area contributed by atoms with E-state index in [9.17, 15) is 8.42 Å². The minimum Gasteiger partial charge on any atom is -0.323 e. The fourth-order valence-electron chi connectivity index (χ4n) is 2.13. The molecule has 0 aromatic heterocycles. The molecule has 112 valence electrons.